The summed E-state index contributed by atoms with van der Waals surface area (Å²) in [6.45, 7) is 7.70. The number of benzene rings is 1. The number of likely N-dealkylation sites (tertiary alicyclic amines) is 1. The number of hydrogen-bond donors (Lipinski definition) is 1. The normalized spacial score (nSPS) is 23.3. The third kappa shape index (κ3) is 3.40. The zero-order valence-electron chi connectivity index (χ0n) is 12.9. The van der Waals surface area contributed by atoms with Crippen molar-refractivity contribution in [3.63, 3.8) is 0 Å². The van der Waals surface area contributed by atoms with Crippen LogP contribution in [0.5, 0.6) is 5.75 Å². The first-order valence-corrected chi connectivity index (χ1v) is 7.84. The van der Waals surface area contributed by atoms with Crippen LogP contribution in [0.25, 0.3) is 0 Å². The number of carbonyl (C=O) groups is 1. The van der Waals surface area contributed by atoms with Gasteiger partial charge in [-0.3, -0.25) is 9.69 Å². The van der Waals surface area contributed by atoms with Gasteiger partial charge in [-0.1, -0.05) is 6.07 Å². The summed E-state index contributed by atoms with van der Waals surface area (Å²) in [6.07, 6.45) is 0. The molecule has 1 saturated heterocycles. The fourth-order valence-corrected chi connectivity index (χ4v) is 3.26. The summed E-state index contributed by atoms with van der Waals surface area (Å²) in [5.74, 6) is -0.377. The Morgan fingerprint density at radius 1 is 1.38 bits per heavy atom. The van der Waals surface area contributed by atoms with Gasteiger partial charge in [0.05, 0.1) is 17.5 Å². The van der Waals surface area contributed by atoms with Crippen LogP contribution in [0.4, 0.5) is 0 Å². The highest BCUT2D eigenvalue weighted by atomic mass is 79.9. The standard InChI is InChI=1S/C16H22BrNO3/c1-16(2,3)18-8-11(12(9-18)15(19)20)10-5-6-13(17)14(7-10)21-4/h5-7,11-12H,8-9H2,1-4H3,(H,19,20)/t11-,12+/m0/s1. The molecule has 0 amide bonds. The second-order valence-electron chi connectivity index (χ2n) is 6.52. The molecule has 0 bridgehead atoms. The number of methoxy groups -OCH3 is 1. The van der Waals surface area contributed by atoms with E-state index in [-0.39, 0.29) is 17.4 Å². The molecule has 21 heavy (non-hydrogen) atoms. The third-order valence-corrected chi connectivity index (χ3v) is 4.84. The molecule has 1 fully saturated rings. The number of ether oxygens (including phenoxy) is 1. The quantitative estimate of drug-likeness (QED) is 0.902. The molecular weight excluding hydrogens is 334 g/mol. The van der Waals surface area contributed by atoms with Crippen LogP contribution in [0.3, 0.4) is 0 Å². The van der Waals surface area contributed by atoms with Crippen LogP contribution in [-0.4, -0.2) is 41.7 Å². The first-order valence-electron chi connectivity index (χ1n) is 7.05. The molecule has 1 heterocycles. The fourth-order valence-electron chi connectivity index (χ4n) is 2.85. The van der Waals surface area contributed by atoms with Gasteiger partial charge in [0.1, 0.15) is 5.75 Å². The average molecular weight is 356 g/mol. The van der Waals surface area contributed by atoms with Gasteiger partial charge in [0.15, 0.2) is 0 Å². The van der Waals surface area contributed by atoms with E-state index in [1.165, 1.54) is 0 Å². The summed E-state index contributed by atoms with van der Waals surface area (Å²) in [4.78, 5) is 13.9. The van der Waals surface area contributed by atoms with Crippen molar-refractivity contribution in [3.05, 3.63) is 28.2 Å². The van der Waals surface area contributed by atoms with Crippen LogP contribution in [0.15, 0.2) is 22.7 Å². The highest BCUT2D eigenvalue weighted by Crippen LogP contribution is 2.38. The van der Waals surface area contributed by atoms with Crippen LogP contribution in [0, 0.1) is 5.92 Å². The van der Waals surface area contributed by atoms with Crippen molar-refractivity contribution in [3.8, 4) is 5.75 Å². The number of carboxylic acids is 1. The van der Waals surface area contributed by atoms with Crippen LogP contribution in [0.1, 0.15) is 32.3 Å². The van der Waals surface area contributed by atoms with Gasteiger partial charge in [0.25, 0.3) is 0 Å². The number of carboxylic acid groups (broad SMARTS) is 1. The summed E-state index contributed by atoms with van der Waals surface area (Å²) in [7, 11) is 1.62. The summed E-state index contributed by atoms with van der Waals surface area (Å²) in [6, 6.07) is 5.85. The van der Waals surface area contributed by atoms with E-state index >= 15 is 0 Å². The SMILES string of the molecule is COc1cc([C@@H]2CN(C(C)(C)C)C[C@H]2C(=O)O)ccc1Br. The Hall–Kier alpha value is -1.07. The molecular formula is C16H22BrNO3. The van der Waals surface area contributed by atoms with Crippen molar-refractivity contribution in [2.75, 3.05) is 20.2 Å². The van der Waals surface area contributed by atoms with Crippen molar-refractivity contribution in [2.45, 2.75) is 32.2 Å². The minimum Gasteiger partial charge on any atom is -0.496 e. The maximum absolute atomic E-state index is 11.6. The van der Waals surface area contributed by atoms with Gasteiger partial charge in [0.2, 0.25) is 0 Å². The first-order chi connectivity index (χ1) is 9.74. The summed E-state index contributed by atoms with van der Waals surface area (Å²) >= 11 is 3.44. The monoisotopic (exact) mass is 355 g/mol. The Bertz CT molecular complexity index is 539. The minimum absolute atomic E-state index is 0.0104. The lowest BCUT2D eigenvalue weighted by atomic mass is 9.89. The maximum atomic E-state index is 11.6. The smallest absolute Gasteiger partial charge is 0.308 e. The molecule has 0 saturated carbocycles. The number of hydrogen-bond acceptors (Lipinski definition) is 3. The van der Waals surface area contributed by atoms with Crippen LogP contribution >= 0.6 is 15.9 Å². The molecule has 1 aliphatic heterocycles. The molecule has 5 heteroatoms. The van der Waals surface area contributed by atoms with Crippen LogP contribution in [0.2, 0.25) is 0 Å². The molecule has 0 aromatic heterocycles. The molecule has 0 spiro atoms. The molecule has 1 aliphatic rings. The van der Waals surface area contributed by atoms with Crippen LogP contribution in [-0.2, 0) is 4.79 Å². The van der Waals surface area contributed by atoms with Crippen molar-refractivity contribution in [1.82, 2.24) is 4.90 Å². The van der Waals surface area contributed by atoms with Gasteiger partial charge in [-0.25, -0.2) is 0 Å². The molecule has 116 valence electrons. The lowest BCUT2D eigenvalue weighted by molar-refractivity contribution is -0.141. The number of nitrogens with zero attached hydrogens (tertiary/aromatic N) is 1. The molecule has 0 unspecified atom stereocenters. The lowest BCUT2D eigenvalue weighted by Crippen LogP contribution is -2.40. The Balaban J connectivity index is 2.34. The molecule has 1 aromatic carbocycles. The molecule has 2 rings (SSSR count). The lowest BCUT2D eigenvalue weighted by Gasteiger charge is -2.31. The second-order valence-corrected chi connectivity index (χ2v) is 7.38. The Morgan fingerprint density at radius 3 is 2.57 bits per heavy atom. The van der Waals surface area contributed by atoms with Crippen molar-refractivity contribution in [2.24, 2.45) is 5.92 Å². The Kier molecular flexibility index (Phi) is 4.63. The minimum atomic E-state index is -0.728. The zero-order chi connectivity index (χ0) is 15.8. The summed E-state index contributed by atoms with van der Waals surface area (Å²) in [5, 5.41) is 9.54. The van der Waals surface area contributed by atoms with E-state index in [9.17, 15) is 9.90 Å². The average Bonchev–Trinajstić information content (AvgIpc) is 2.84. The molecule has 1 aromatic rings. The predicted octanol–water partition coefficient (Wildman–Crippen LogP) is 3.36. The van der Waals surface area contributed by atoms with E-state index in [1.807, 2.05) is 18.2 Å². The number of halogens is 1. The van der Waals surface area contributed by atoms with Crippen LogP contribution < -0.4 is 4.74 Å². The molecule has 0 radical (unpaired) electrons. The van der Waals surface area contributed by atoms with Crippen molar-refractivity contribution < 1.29 is 14.6 Å². The first kappa shape index (κ1) is 16.3. The van der Waals surface area contributed by atoms with Gasteiger partial charge in [0, 0.05) is 24.5 Å². The van der Waals surface area contributed by atoms with E-state index in [4.69, 9.17) is 4.74 Å². The van der Waals surface area contributed by atoms with E-state index < -0.39 is 5.97 Å². The Labute approximate surface area is 134 Å². The topological polar surface area (TPSA) is 49.8 Å². The van der Waals surface area contributed by atoms with Gasteiger partial charge in [-0.15, -0.1) is 0 Å². The van der Waals surface area contributed by atoms with Gasteiger partial charge in [-0.2, -0.15) is 0 Å². The van der Waals surface area contributed by atoms with Gasteiger partial charge < -0.3 is 9.84 Å². The van der Waals surface area contributed by atoms with Gasteiger partial charge >= 0.3 is 5.97 Å². The van der Waals surface area contributed by atoms with Gasteiger partial charge in [-0.05, 0) is 54.4 Å². The largest absolute Gasteiger partial charge is 0.496 e. The molecule has 0 aliphatic carbocycles. The fraction of sp³-hybridized carbons (Fsp3) is 0.562. The number of rotatable bonds is 3. The van der Waals surface area contributed by atoms with E-state index in [1.54, 1.807) is 7.11 Å². The predicted molar refractivity (Wildman–Crippen MR) is 85.9 cm³/mol. The van der Waals surface area contributed by atoms with E-state index in [0.29, 0.717) is 6.54 Å². The third-order valence-electron chi connectivity index (χ3n) is 4.19. The molecule has 1 N–H and O–H groups in total. The summed E-state index contributed by atoms with van der Waals surface area (Å²) in [5.41, 5.74) is 0.997. The van der Waals surface area contributed by atoms with Crippen molar-refractivity contribution in [1.29, 1.82) is 0 Å². The Morgan fingerprint density at radius 2 is 2.05 bits per heavy atom. The van der Waals surface area contributed by atoms with E-state index in [2.05, 4.69) is 41.6 Å². The van der Waals surface area contributed by atoms with Crippen molar-refractivity contribution >= 4 is 21.9 Å². The summed E-state index contributed by atoms with van der Waals surface area (Å²) < 4.78 is 6.21. The zero-order valence-corrected chi connectivity index (χ0v) is 14.5. The van der Waals surface area contributed by atoms with E-state index in [0.717, 1.165) is 22.3 Å². The highest BCUT2D eigenvalue weighted by molar-refractivity contribution is 9.10. The molecule has 4 nitrogen and oxygen atoms in total. The maximum Gasteiger partial charge on any atom is 0.308 e. The second kappa shape index (κ2) is 5.97. The molecule has 2 atom stereocenters. The highest BCUT2D eigenvalue weighted by Gasteiger charge is 2.42. The number of aliphatic carboxylic acids is 1.